The summed E-state index contributed by atoms with van der Waals surface area (Å²) in [6.07, 6.45) is 4.77. The molecule has 0 spiro atoms. The summed E-state index contributed by atoms with van der Waals surface area (Å²) < 4.78 is 39.1. The van der Waals surface area contributed by atoms with Crippen molar-refractivity contribution in [1.82, 2.24) is 0 Å². The van der Waals surface area contributed by atoms with Gasteiger partial charge >= 0.3 is 0 Å². The van der Waals surface area contributed by atoms with Gasteiger partial charge < -0.3 is 9.47 Å². The number of anilines is 1. The molecule has 25 heavy (non-hydrogen) atoms. The Balaban J connectivity index is 1.73. The van der Waals surface area contributed by atoms with Crippen LogP contribution >= 0.6 is 0 Å². The molecule has 0 bridgehead atoms. The number of para-hydroxylation sites is 2. The van der Waals surface area contributed by atoms with E-state index >= 15 is 0 Å². The third-order valence-corrected chi connectivity index (χ3v) is 5.55. The molecule has 0 aliphatic heterocycles. The van der Waals surface area contributed by atoms with Crippen molar-refractivity contribution < 1.29 is 17.9 Å². The fraction of sp³-hybridized carbons (Fsp3) is 0.368. The Kier molecular flexibility index (Phi) is 5.48. The topological polar surface area (TPSA) is 64.6 Å². The second-order valence-corrected chi connectivity index (χ2v) is 7.71. The zero-order valence-electron chi connectivity index (χ0n) is 14.3. The normalized spacial score (nSPS) is 15.1. The molecule has 2 aromatic rings. The third kappa shape index (κ3) is 4.45. The summed E-state index contributed by atoms with van der Waals surface area (Å²) in [4.78, 5) is 0.192. The van der Waals surface area contributed by atoms with Crippen LogP contribution in [0.15, 0.2) is 53.4 Å². The summed E-state index contributed by atoms with van der Waals surface area (Å²) in [6, 6.07) is 13.5. The lowest BCUT2D eigenvalue weighted by atomic mass is 10.3. The van der Waals surface area contributed by atoms with Crippen molar-refractivity contribution in [1.29, 1.82) is 0 Å². The third-order valence-electron chi connectivity index (χ3n) is 4.17. The first kappa shape index (κ1) is 17.6. The van der Waals surface area contributed by atoms with Gasteiger partial charge in [-0.15, -0.1) is 0 Å². The standard InChI is InChI=1S/C19H23NO4S/c1-2-23-19-10-6-5-9-18(19)20-25(21,22)17-13-11-16(12-14-17)24-15-7-3-4-8-15/h5-6,9-15,20H,2-4,7-8H2,1H3. The van der Waals surface area contributed by atoms with Gasteiger partial charge in [0.15, 0.2) is 0 Å². The molecule has 3 rings (SSSR count). The molecule has 1 N–H and O–H groups in total. The van der Waals surface area contributed by atoms with Crippen LogP contribution in [0.25, 0.3) is 0 Å². The molecule has 0 atom stereocenters. The van der Waals surface area contributed by atoms with Crippen LogP contribution in [0.4, 0.5) is 5.69 Å². The number of ether oxygens (including phenoxy) is 2. The number of nitrogens with one attached hydrogen (secondary N) is 1. The van der Waals surface area contributed by atoms with Gasteiger partial charge in [0.05, 0.1) is 23.3 Å². The Morgan fingerprint density at radius 2 is 1.72 bits per heavy atom. The quantitative estimate of drug-likeness (QED) is 0.802. The molecule has 1 aliphatic rings. The highest BCUT2D eigenvalue weighted by Gasteiger charge is 2.19. The van der Waals surface area contributed by atoms with Gasteiger partial charge in [-0.3, -0.25) is 4.72 Å². The lowest BCUT2D eigenvalue weighted by molar-refractivity contribution is 0.210. The Morgan fingerprint density at radius 3 is 2.40 bits per heavy atom. The van der Waals surface area contributed by atoms with E-state index in [0.717, 1.165) is 12.8 Å². The van der Waals surface area contributed by atoms with Crippen molar-refractivity contribution in [3.05, 3.63) is 48.5 Å². The van der Waals surface area contributed by atoms with Crippen LogP contribution in [0, 0.1) is 0 Å². The monoisotopic (exact) mass is 361 g/mol. The predicted molar refractivity (Wildman–Crippen MR) is 97.7 cm³/mol. The lowest BCUT2D eigenvalue weighted by Gasteiger charge is -2.14. The first-order valence-electron chi connectivity index (χ1n) is 8.60. The van der Waals surface area contributed by atoms with E-state index in [1.165, 1.54) is 12.8 Å². The van der Waals surface area contributed by atoms with Crippen molar-refractivity contribution in [3.63, 3.8) is 0 Å². The van der Waals surface area contributed by atoms with E-state index in [4.69, 9.17) is 9.47 Å². The summed E-state index contributed by atoms with van der Waals surface area (Å²) in [5.74, 6) is 1.22. The maximum Gasteiger partial charge on any atom is 0.262 e. The average molecular weight is 361 g/mol. The fourth-order valence-corrected chi connectivity index (χ4v) is 4.00. The largest absolute Gasteiger partial charge is 0.492 e. The molecule has 1 fully saturated rings. The van der Waals surface area contributed by atoms with Crippen LogP contribution in [0.2, 0.25) is 0 Å². The predicted octanol–water partition coefficient (Wildman–Crippen LogP) is 4.21. The molecule has 134 valence electrons. The zero-order valence-corrected chi connectivity index (χ0v) is 15.1. The molecule has 2 aromatic carbocycles. The Morgan fingerprint density at radius 1 is 1.04 bits per heavy atom. The average Bonchev–Trinajstić information content (AvgIpc) is 3.10. The van der Waals surface area contributed by atoms with Crippen molar-refractivity contribution in [2.75, 3.05) is 11.3 Å². The van der Waals surface area contributed by atoms with Crippen molar-refractivity contribution >= 4 is 15.7 Å². The SMILES string of the molecule is CCOc1ccccc1NS(=O)(=O)c1ccc(OC2CCCC2)cc1. The maximum atomic E-state index is 12.6. The molecule has 0 amide bonds. The van der Waals surface area contributed by atoms with Gasteiger partial charge in [0.1, 0.15) is 11.5 Å². The van der Waals surface area contributed by atoms with Gasteiger partial charge in [-0.1, -0.05) is 12.1 Å². The highest BCUT2D eigenvalue weighted by molar-refractivity contribution is 7.92. The van der Waals surface area contributed by atoms with E-state index in [1.54, 1.807) is 48.5 Å². The molecular formula is C19H23NO4S. The van der Waals surface area contributed by atoms with Crippen LogP contribution in [0.3, 0.4) is 0 Å². The number of hydrogen-bond donors (Lipinski definition) is 1. The molecule has 0 radical (unpaired) electrons. The lowest BCUT2D eigenvalue weighted by Crippen LogP contribution is -2.14. The van der Waals surface area contributed by atoms with Gasteiger partial charge in [-0.05, 0) is 69.0 Å². The second kappa shape index (κ2) is 7.78. The summed E-state index contributed by atoms with van der Waals surface area (Å²) in [5.41, 5.74) is 0.427. The highest BCUT2D eigenvalue weighted by Crippen LogP contribution is 2.28. The minimum Gasteiger partial charge on any atom is -0.492 e. The molecule has 6 heteroatoms. The minimum absolute atomic E-state index is 0.192. The van der Waals surface area contributed by atoms with Crippen molar-refractivity contribution in [3.8, 4) is 11.5 Å². The van der Waals surface area contributed by atoms with E-state index in [1.807, 2.05) is 6.92 Å². The van der Waals surface area contributed by atoms with E-state index in [9.17, 15) is 8.42 Å². The van der Waals surface area contributed by atoms with Crippen LogP contribution in [-0.2, 0) is 10.0 Å². The van der Waals surface area contributed by atoms with Crippen molar-refractivity contribution in [2.24, 2.45) is 0 Å². The van der Waals surface area contributed by atoms with Gasteiger partial charge in [-0.2, -0.15) is 0 Å². The van der Waals surface area contributed by atoms with Gasteiger partial charge in [-0.25, -0.2) is 8.42 Å². The smallest absolute Gasteiger partial charge is 0.262 e. The Labute approximate surface area is 149 Å². The molecule has 0 heterocycles. The molecule has 1 aliphatic carbocycles. The van der Waals surface area contributed by atoms with E-state index in [2.05, 4.69) is 4.72 Å². The number of sulfonamides is 1. The first-order chi connectivity index (χ1) is 12.1. The van der Waals surface area contributed by atoms with Gasteiger partial charge in [0, 0.05) is 0 Å². The summed E-state index contributed by atoms with van der Waals surface area (Å²) in [6.45, 7) is 2.32. The zero-order chi connectivity index (χ0) is 17.7. The van der Waals surface area contributed by atoms with Crippen LogP contribution < -0.4 is 14.2 Å². The van der Waals surface area contributed by atoms with Gasteiger partial charge in [0.2, 0.25) is 0 Å². The fourth-order valence-electron chi connectivity index (χ4n) is 2.93. The van der Waals surface area contributed by atoms with Crippen LogP contribution in [-0.4, -0.2) is 21.1 Å². The molecule has 5 nitrogen and oxygen atoms in total. The number of hydrogen-bond acceptors (Lipinski definition) is 4. The summed E-state index contributed by atoms with van der Waals surface area (Å²) in [7, 11) is -3.68. The molecule has 0 saturated heterocycles. The van der Waals surface area contributed by atoms with E-state index < -0.39 is 10.0 Å². The molecule has 0 aromatic heterocycles. The summed E-state index contributed by atoms with van der Waals surface area (Å²) in [5, 5.41) is 0. The molecular weight excluding hydrogens is 338 g/mol. The van der Waals surface area contributed by atoms with Gasteiger partial charge in [0.25, 0.3) is 10.0 Å². The van der Waals surface area contributed by atoms with Crippen LogP contribution in [0.1, 0.15) is 32.6 Å². The van der Waals surface area contributed by atoms with E-state index in [0.29, 0.717) is 23.8 Å². The summed E-state index contributed by atoms with van der Waals surface area (Å²) >= 11 is 0. The van der Waals surface area contributed by atoms with E-state index in [-0.39, 0.29) is 11.0 Å². The number of rotatable bonds is 7. The minimum atomic E-state index is -3.68. The Hall–Kier alpha value is -2.21. The van der Waals surface area contributed by atoms with Crippen LogP contribution in [0.5, 0.6) is 11.5 Å². The first-order valence-corrected chi connectivity index (χ1v) is 10.1. The molecule has 1 saturated carbocycles. The van der Waals surface area contributed by atoms with Crippen molar-refractivity contribution in [2.45, 2.75) is 43.6 Å². The molecule has 0 unspecified atom stereocenters. The maximum absolute atomic E-state index is 12.6. The Bertz CT molecular complexity index is 796. The number of benzene rings is 2. The highest BCUT2D eigenvalue weighted by atomic mass is 32.2. The second-order valence-electron chi connectivity index (χ2n) is 6.03.